The number of methoxy groups -OCH3 is 1. The predicted molar refractivity (Wildman–Crippen MR) is 124 cm³/mol. The molecule has 0 spiro atoms. The van der Waals surface area contributed by atoms with Gasteiger partial charge in [-0.25, -0.2) is 13.8 Å². The van der Waals surface area contributed by atoms with Gasteiger partial charge < -0.3 is 9.47 Å². The summed E-state index contributed by atoms with van der Waals surface area (Å²) in [5.74, 6) is 1.33. The Morgan fingerprint density at radius 3 is 2.12 bits per heavy atom. The fourth-order valence-electron chi connectivity index (χ4n) is 2.74. The van der Waals surface area contributed by atoms with Gasteiger partial charge in [-0.2, -0.15) is 5.10 Å². The van der Waals surface area contributed by atoms with Crippen molar-refractivity contribution in [3.05, 3.63) is 84.4 Å². The summed E-state index contributed by atoms with van der Waals surface area (Å²) in [5, 5.41) is 3.88. The summed E-state index contributed by atoms with van der Waals surface area (Å²) in [7, 11) is -2.13. The minimum Gasteiger partial charge on any atom is -0.497 e. The minimum absolute atomic E-state index is 0.335. The normalized spacial score (nSPS) is 11.2. The SMILES string of the molecule is COc1ccc(C=NNC(=O)CN(c2ccc(Oc3ccccc3)cc2)S(C)(=O)=O)cc1. The van der Waals surface area contributed by atoms with Crippen molar-refractivity contribution in [1.82, 2.24) is 5.43 Å². The smallest absolute Gasteiger partial charge is 0.260 e. The third kappa shape index (κ3) is 6.58. The first kappa shape index (κ1) is 22.8. The van der Waals surface area contributed by atoms with Crippen LogP contribution in [0.15, 0.2) is 84.0 Å². The van der Waals surface area contributed by atoms with E-state index in [-0.39, 0.29) is 0 Å². The Morgan fingerprint density at radius 1 is 0.938 bits per heavy atom. The third-order valence-corrected chi connectivity index (χ3v) is 5.45. The first-order valence-corrected chi connectivity index (χ1v) is 11.5. The molecular weight excluding hydrogens is 430 g/mol. The topological polar surface area (TPSA) is 97.3 Å². The van der Waals surface area contributed by atoms with Crippen LogP contribution in [0.5, 0.6) is 17.2 Å². The number of carbonyl (C=O) groups is 1. The maximum Gasteiger partial charge on any atom is 0.260 e. The zero-order valence-electron chi connectivity index (χ0n) is 17.6. The van der Waals surface area contributed by atoms with Crippen molar-refractivity contribution in [3.63, 3.8) is 0 Å². The average molecular weight is 454 g/mol. The maximum absolute atomic E-state index is 12.3. The number of para-hydroxylation sites is 1. The van der Waals surface area contributed by atoms with Crippen molar-refractivity contribution >= 4 is 27.8 Å². The lowest BCUT2D eigenvalue weighted by molar-refractivity contribution is -0.119. The first-order chi connectivity index (χ1) is 15.3. The van der Waals surface area contributed by atoms with E-state index in [0.29, 0.717) is 22.9 Å². The van der Waals surface area contributed by atoms with Gasteiger partial charge in [-0.1, -0.05) is 18.2 Å². The van der Waals surface area contributed by atoms with Crippen LogP contribution in [0.4, 0.5) is 5.69 Å². The average Bonchev–Trinajstić information content (AvgIpc) is 2.79. The summed E-state index contributed by atoms with van der Waals surface area (Å²) in [5.41, 5.74) is 3.43. The summed E-state index contributed by atoms with van der Waals surface area (Å²) in [4.78, 5) is 12.3. The summed E-state index contributed by atoms with van der Waals surface area (Å²) < 4.78 is 36.3. The van der Waals surface area contributed by atoms with Gasteiger partial charge in [0.2, 0.25) is 10.0 Å². The van der Waals surface area contributed by atoms with E-state index in [0.717, 1.165) is 16.1 Å². The number of hydrogen-bond acceptors (Lipinski definition) is 6. The largest absolute Gasteiger partial charge is 0.497 e. The maximum atomic E-state index is 12.3. The molecular formula is C23H23N3O5S. The van der Waals surface area contributed by atoms with E-state index in [1.807, 2.05) is 30.3 Å². The van der Waals surface area contributed by atoms with E-state index >= 15 is 0 Å². The number of rotatable bonds is 9. The van der Waals surface area contributed by atoms with E-state index in [4.69, 9.17) is 9.47 Å². The summed E-state index contributed by atoms with van der Waals surface area (Å²) >= 11 is 0. The fraction of sp³-hybridized carbons (Fsp3) is 0.130. The van der Waals surface area contributed by atoms with Crippen LogP contribution in [0.3, 0.4) is 0 Å². The van der Waals surface area contributed by atoms with E-state index in [1.165, 1.54) is 6.21 Å². The van der Waals surface area contributed by atoms with Crippen LogP contribution in [-0.2, 0) is 14.8 Å². The molecule has 32 heavy (non-hydrogen) atoms. The Bertz CT molecular complexity index is 1160. The van der Waals surface area contributed by atoms with Gasteiger partial charge in [0, 0.05) is 0 Å². The number of benzene rings is 3. The number of sulfonamides is 1. The van der Waals surface area contributed by atoms with Gasteiger partial charge in [-0.15, -0.1) is 0 Å². The highest BCUT2D eigenvalue weighted by Gasteiger charge is 2.20. The third-order valence-electron chi connectivity index (χ3n) is 4.31. The van der Waals surface area contributed by atoms with Gasteiger partial charge in [0.1, 0.15) is 23.8 Å². The lowest BCUT2D eigenvalue weighted by Crippen LogP contribution is -2.38. The van der Waals surface area contributed by atoms with Gasteiger partial charge in [-0.05, 0) is 66.2 Å². The molecule has 0 radical (unpaired) electrons. The summed E-state index contributed by atoms with van der Waals surface area (Å²) in [6.07, 6.45) is 2.49. The Hall–Kier alpha value is -3.85. The van der Waals surface area contributed by atoms with Gasteiger partial charge in [-0.3, -0.25) is 9.10 Å². The monoisotopic (exact) mass is 453 g/mol. The van der Waals surface area contributed by atoms with Gasteiger partial charge in [0.25, 0.3) is 5.91 Å². The molecule has 166 valence electrons. The molecule has 8 nitrogen and oxygen atoms in total. The molecule has 3 rings (SSSR count). The molecule has 1 amide bonds. The molecule has 0 saturated heterocycles. The van der Waals surface area contributed by atoms with Crippen molar-refractivity contribution in [3.8, 4) is 17.2 Å². The van der Waals surface area contributed by atoms with Gasteiger partial charge >= 0.3 is 0 Å². The van der Waals surface area contributed by atoms with E-state index < -0.39 is 22.5 Å². The van der Waals surface area contributed by atoms with Gasteiger partial charge in [0.05, 0.1) is 25.3 Å². The second kappa shape index (κ2) is 10.5. The van der Waals surface area contributed by atoms with E-state index in [9.17, 15) is 13.2 Å². The van der Waals surface area contributed by atoms with Crippen LogP contribution in [0, 0.1) is 0 Å². The Labute approximate surface area is 187 Å². The van der Waals surface area contributed by atoms with Gasteiger partial charge in [0.15, 0.2) is 0 Å². The van der Waals surface area contributed by atoms with Crippen LogP contribution in [0.2, 0.25) is 0 Å². The molecule has 0 atom stereocenters. The number of nitrogens with one attached hydrogen (secondary N) is 1. The highest BCUT2D eigenvalue weighted by Crippen LogP contribution is 2.25. The van der Waals surface area contributed by atoms with Crippen molar-refractivity contribution in [2.75, 3.05) is 24.2 Å². The van der Waals surface area contributed by atoms with Crippen LogP contribution >= 0.6 is 0 Å². The van der Waals surface area contributed by atoms with E-state index in [2.05, 4.69) is 10.5 Å². The fourth-order valence-corrected chi connectivity index (χ4v) is 3.60. The van der Waals surface area contributed by atoms with Crippen molar-refractivity contribution in [2.24, 2.45) is 5.10 Å². The minimum atomic E-state index is -3.70. The lowest BCUT2D eigenvalue weighted by atomic mass is 10.2. The molecule has 0 bridgehead atoms. The molecule has 0 aliphatic rings. The summed E-state index contributed by atoms with van der Waals surface area (Å²) in [6, 6.07) is 22.7. The zero-order valence-corrected chi connectivity index (χ0v) is 18.5. The molecule has 9 heteroatoms. The highest BCUT2D eigenvalue weighted by molar-refractivity contribution is 7.92. The molecule has 0 aliphatic heterocycles. The number of carbonyl (C=O) groups excluding carboxylic acids is 1. The molecule has 1 N–H and O–H groups in total. The Balaban J connectivity index is 1.64. The number of hydrogen-bond donors (Lipinski definition) is 1. The quantitative estimate of drug-likeness (QED) is 0.396. The summed E-state index contributed by atoms with van der Waals surface area (Å²) in [6.45, 7) is -0.419. The molecule has 0 aromatic heterocycles. The van der Waals surface area contributed by atoms with Crippen LogP contribution < -0.4 is 19.2 Å². The molecule has 0 heterocycles. The number of anilines is 1. The molecule has 3 aromatic rings. The molecule has 3 aromatic carbocycles. The van der Waals surface area contributed by atoms with Crippen LogP contribution in [0.25, 0.3) is 0 Å². The predicted octanol–water partition coefficient (Wildman–Crippen LogP) is 3.40. The zero-order chi connectivity index (χ0) is 23.0. The van der Waals surface area contributed by atoms with E-state index in [1.54, 1.807) is 55.6 Å². The van der Waals surface area contributed by atoms with Crippen molar-refractivity contribution in [1.29, 1.82) is 0 Å². The number of nitrogens with zero attached hydrogens (tertiary/aromatic N) is 2. The second-order valence-corrected chi connectivity index (χ2v) is 8.65. The first-order valence-electron chi connectivity index (χ1n) is 9.62. The molecule has 0 aliphatic carbocycles. The number of ether oxygens (including phenoxy) is 2. The second-order valence-electron chi connectivity index (χ2n) is 6.74. The van der Waals surface area contributed by atoms with Crippen molar-refractivity contribution < 1.29 is 22.7 Å². The van der Waals surface area contributed by atoms with Crippen LogP contribution in [0.1, 0.15) is 5.56 Å². The number of hydrazone groups is 1. The highest BCUT2D eigenvalue weighted by atomic mass is 32.2. The number of amides is 1. The van der Waals surface area contributed by atoms with Crippen molar-refractivity contribution in [2.45, 2.75) is 0 Å². The Morgan fingerprint density at radius 2 is 1.53 bits per heavy atom. The Kier molecular flexibility index (Phi) is 7.45. The van der Waals surface area contributed by atoms with Crippen LogP contribution in [-0.4, -0.2) is 40.4 Å². The molecule has 0 unspecified atom stereocenters. The molecule has 0 fully saturated rings. The molecule has 0 saturated carbocycles. The lowest BCUT2D eigenvalue weighted by Gasteiger charge is -2.21. The standard InChI is InChI=1S/C23H23N3O5S/c1-30-20-12-8-18(9-13-20)16-24-25-23(27)17-26(32(2,28)29)19-10-14-22(15-11-19)31-21-6-4-3-5-7-21/h3-16H,17H2,1-2H3,(H,25,27).